The third kappa shape index (κ3) is 1.29. The Bertz CT molecular complexity index is 253. The Balaban J connectivity index is 1.93. The average Bonchev–Trinajstić information content (AvgIpc) is 2.84. The molecule has 0 aromatic heterocycles. The van der Waals surface area contributed by atoms with Gasteiger partial charge >= 0.3 is 5.97 Å². The van der Waals surface area contributed by atoms with Crippen LogP contribution < -0.4 is 0 Å². The monoisotopic (exact) mass is 164 g/mol. The van der Waals surface area contributed by atoms with Crippen molar-refractivity contribution < 1.29 is 9.90 Å². The second-order valence-electron chi connectivity index (χ2n) is 3.56. The first-order valence-electron chi connectivity index (χ1n) is 4.35. The molecule has 1 fully saturated rings. The highest BCUT2D eigenvalue weighted by Gasteiger charge is 2.46. The normalized spacial score (nSPS) is 38.2. The van der Waals surface area contributed by atoms with Gasteiger partial charge in [-0.25, -0.2) is 0 Å². The van der Waals surface area contributed by atoms with E-state index in [1.807, 2.05) is 12.2 Å². The van der Waals surface area contributed by atoms with Gasteiger partial charge in [-0.1, -0.05) is 24.3 Å². The molecular weight excluding hydrogens is 152 g/mol. The van der Waals surface area contributed by atoms with E-state index in [2.05, 4.69) is 12.2 Å². The van der Waals surface area contributed by atoms with Crippen LogP contribution in [0.3, 0.4) is 0 Å². The van der Waals surface area contributed by atoms with Crippen LogP contribution in [-0.2, 0) is 4.79 Å². The number of hydrogen-bond acceptors (Lipinski definition) is 1. The fourth-order valence-corrected chi connectivity index (χ4v) is 1.89. The molecule has 0 bridgehead atoms. The van der Waals surface area contributed by atoms with Crippen LogP contribution in [0.2, 0.25) is 0 Å². The van der Waals surface area contributed by atoms with Crippen molar-refractivity contribution in [2.45, 2.75) is 12.8 Å². The average molecular weight is 164 g/mol. The fraction of sp³-hybridized carbons (Fsp3) is 0.500. The molecule has 0 aromatic rings. The van der Waals surface area contributed by atoms with Crippen molar-refractivity contribution in [2.24, 2.45) is 17.8 Å². The zero-order chi connectivity index (χ0) is 8.55. The molecule has 0 radical (unpaired) electrons. The van der Waals surface area contributed by atoms with E-state index in [1.165, 1.54) is 0 Å². The summed E-state index contributed by atoms with van der Waals surface area (Å²) in [5.41, 5.74) is 0. The molecule has 2 aliphatic carbocycles. The van der Waals surface area contributed by atoms with E-state index in [9.17, 15) is 4.79 Å². The highest BCUT2D eigenvalue weighted by molar-refractivity contribution is 5.73. The van der Waals surface area contributed by atoms with Crippen molar-refractivity contribution >= 4 is 5.97 Å². The molecule has 0 aromatic carbocycles. The molecule has 2 rings (SSSR count). The van der Waals surface area contributed by atoms with E-state index in [-0.39, 0.29) is 5.92 Å². The molecule has 64 valence electrons. The second kappa shape index (κ2) is 2.77. The van der Waals surface area contributed by atoms with E-state index in [0.29, 0.717) is 11.8 Å². The molecule has 1 N–H and O–H groups in total. The van der Waals surface area contributed by atoms with Crippen molar-refractivity contribution in [3.8, 4) is 0 Å². The summed E-state index contributed by atoms with van der Waals surface area (Å²) >= 11 is 0. The van der Waals surface area contributed by atoms with Crippen LogP contribution >= 0.6 is 0 Å². The van der Waals surface area contributed by atoms with Crippen LogP contribution in [-0.4, -0.2) is 11.1 Å². The van der Waals surface area contributed by atoms with Gasteiger partial charge in [0.05, 0.1) is 5.92 Å². The largest absolute Gasteiger partial charge is 0.481 e. The van der Waals surface area contributed by atoms with Crippen molar-refractivity contribution in [1.82, 2.24) is 0 Å². The Morgan fingerprint density at radius 1 is 1.42 bits per heavy atom. The molecule has 1 unspecified atom stereocenters. The number of carboxylic acid groups (broad SMARTS) is 1. The van der Waals surface area contributed by atoms with Crippen LogP contribution in [0, 0.1) is 17.8 Å². The molecule has 12 heavy (non-hydrogen) atoms. The number of allylic oxidation sites excluding steroid dienone is 4. The van der Waals surface area contributed by atoms with Gasteiger partial charge in [-0.3, -0.25) is 4.79 Å². The summed E-state index contributed by atoms with van der Waals surface area (Å²) in [5, 5.41) is 8.71. The lowest BCUT2D eigenvalue weighted by molar-refractivity contribution is -0.138. The quantitative estimate of drug-likeness (QED) is 0.676. The predicted octanol–water partition coefficient (Wildman–Crippen LogP) is 1.84. The highest BCUT2D eigenvalue weighted by atomic mass is 16.4. The summed E-state index contributed by atoms with van der Waals surface area (Å²) in [7, 11) is 0. The van der Waals surface area contributed by atoms with Crippen LogP contribution in [0.1, 0.15) is 12.8 Å². The zero-order valence-corrected chi connectivity index (χ0v) is 6.81. The van der Waals surface area contributed by atoms with Crippen LogP contribution in [0.15, 0.2) is 24.3 Å². The van der Waals surface area contributed by atoms with Crippen LogP contribution in [0.5, 0.6) is 0 Å². The second-order valence-corrected chi connectivity index (χ2v) is 3.56. The van der Waals surface area contributed by atoms with Gasteiger partial charge in [0.2, 0.25) is 0 Å². The van der Waals surface area contributed by atoms with Gasteiger partial charge in [-0.15, -0.1) is 0 Å². The van der Waals surface area contributed by atoms with E-state index < -0.39 is 5.97 Å². The lowest BCUT2D eigenvalue weighted by atomic mass is 9.94. The highest BCUT2D eigenvalue weighted by Crippen LogP contribution is 2.46. The van der Waals surface area contributed by atoms with Crippen LogP contribution in [0.4, 0.5) is 0 Å². The van der Waals surface area contributed by atoms with Crippen molar-refractivity contribution in [1.29, 1.82) is 0 Å². The first kappa shape index (κ1) is 7.59. The SMILES string of the molecule is O=C(O)[C@H]1C[C@@H]1C1C=CC=CC1. The maximum atomic E-state index is 10.6. The van der Waals surface area contributed by atoms with E-state index in [0.717, 1.165) is 12.8 Å². The minimum absolute atomic E-state index is 0.0638. The Kier molecular flexibility index (Phi) is 1.75. The first-order valence-corrected chi connectivity index (χ1v) is 4.35. The minimum atomic E-state index is -0.622. The molecule has 2 heteroatoms. The van der Waals surface area contributed by atoms with Gasteiger partial charge < -0.3 is 5.11 Å². The number of hydrogen-bond donors (Lipinski definition) is 1. The van der Waals surface area contributed by atoms with Gasteiger partial charge in [0, 0.05) is 0 Å². The number of carbonyl (C=O) groups is 1. The van der Waals surface area contributed by atoms with Gasteiger partial charge in [-0.2, -0.15) is 0 Å². The number of rotatable bonds is 2. The minimum Gasteiger partial charge on any atom is -0.481 e. The molecule has 0 saturated heterocycles. The molecule has 0 spiro atoms. The summed E-state index contributed by atoms with van der Waals surface area (Å²) in [4.78, 5) is 10.6. The van der Waals surface area contributed by atoms with Crippen molar-refractivity contribution in [2.75, 3.05) is 0 Å². The summed E-state index contributed by atoms with van der Waals surface area (Å²) in [5.74, 6) is 0.203. The third-order valence-corrected chi connectivity index (χ3v) is 2.72. The zero-order valence-electron chi connectivity index (χ0n) is 6.81. The Labute approximate surface area is 71.6 Å². The topological polar surface area (TPSA) is 37.3 Å². The smallest absolute Gasteiger partial charge is 0.306 e. The lowest BCUT2D eigenvalue weighted by Crippen LogP contribution is -2.06. The molecule has 0 heterocycles. The summed E-state index contributed by atoms with van der Waals surface area (Å²) in [6, 6.07) is 0. The summed E-state index contributed by atoms with van der Waals surface area (Å²) in [6.45, 7) is 0. The molecule has 0 aliphatic heterocycles. The van der Waals surface area contributed by atoms with Gasteiger partial charge in [0.15, 0.2) is 0 Å². The maximum Gasteiger partial charge on any atom is 0.306 e. The molecule has 2 nitrogen and oxygen atoms in total. The van der Waals surface area contributed by atoms with Crippen LogP contribution in [0.25, 0.3) is 0 Å². The summed E-state index contributed by atoms with van der Waals surface area (Å²) in [6.07, 6.45) is 10.2. The first-order chi connectivity index (χ1) is 5.79. The van der Waals surface area contributed by atoms with Crippen molar-refractivity contribution in [3.05, 3.63) is 24.3 Å². The molecule has 2 aliphatic rings. The van der Waals surface area contributed by atoms with Crippen molar-refractivity contribution in [3.63, 3.8) is 0 Å². The predicted molar refractivity (Wildman–Crippen MR) is 45.6 cm³/mol. The van der Waals surface area contributed by atoms with Gasteiger partial charge in [0.1, 0.15) is 0 Å². The Morgan fingerprint density at radius 3 is 2.75 bits per heavy atom. The molecular formula is C10H12O2. The van der Waals surface area contributed by atoms with Gasteiger partial charge in [0.25, 0.3) is 0 Å². The Morgan fingerprint density at radius 2 is 2.25 bits per heavy atom. The third-order valence-electron chi connectivity index (χ3n) is 2.72. The number of aliphatic carboxylic acids is 1. The fourth-order valence-electron chi connectivity index (χ4n) is 1.89. The maximum absolute atomic E-state index is 10.6. The molecule has 1 saturated carbocycles. The molecule has 3 atom stereocenters. The van der Waals surface area contributed by atoms with E-state index in [1.54, 1.807) is 0 Å². The van der Waals surface area contributed by atoms with Gasteiger partial charge in [-0.05, 0) is 24.7 Å². The number of carboxylic acids is 1. The van der Waals surface area contributed by atoms with E-state index in [4.69, 9.17) is 5.11 Å². The lowest BCUT2D eigenvalue weighted by Gasteiger charge is -2.10. The standard InChI is InChI=1S/C10H12O2/c11-10(12)9-6-8(9)7-4-2-1-3-5-7/h1-4,7-9H,5-6H2,(H,11,12)/t7?,8-,9+/m1/s1. The Hall–Kier alpha value is -1.05. The van der Waals surface area contributed by atoms with E-state index >= 15 is 0 Å². The summed E-state index contributed by atoms with van der Waals surface area (Å²) < 4.78 is 0. The molecule has 0 amide bonds.